The summed E-state index contributed by atoms with van der Waals surface area (Å²) in [5, 5.41) is 0. The van der Waals surface area contributed by atoms with Crippen molar-refractivity contribution in [2.45, 2.75) is 66.1 Å². The average molecular weight is 639 g/mol. The Hall–Kier alpha value is -3.63. The van der Waals surface area contributed by atoms with E-state index in [2.05, 4.69) is 9.97 Å². The van der Waals surface area contributed by atoms with E-state index in [4.69, 9.17) is 18.5 Å². The second-order valence-electron chi connectivity index (χ2n) is 9.97. The number of aryl methyl sites for hydroxylation is 2. The molecule has 18 heteroatoms. The van der Waals surface area contributed by atoms with Gasteiger partial charge in [0.2, 0.25) is 0 Å². The van der Waals surface area contributed by atoms with Gasteiger partial charge in [0.1, 0.15) is 13.5 Å². The largest absolute Gasteiger partial charge is 0.361 e. The molecule has 0 fully saturated rings. The molecule has 4 aromatic rings. The molecule has 0 aliphatic rings. The van der Waals surface area contributed by atoms with Crippen LogP contribution in [0.5, 0.6) is 0 Å². The zero-order valence-corrected chi connectivity index (χ0v) is 26.4. The molecule has 0 amide bonds. The zero-order valence-electron chi connectivity index (χ0n) is 25.4. The van der Waals surface area contributed by atoms with Crippen molar-refractivity contribution in [3.63, 3.8) is 0 Å². The van der Waals surface area contributed by atoms with Gasteiger partial charge in [0.05, 0.1) is 25.9 Å². The van der Waals surface area contributed by atoms with Gasteiger partial charge in [-0.2, -0.15) is 0 Å². The summed E-state index contributed by atoms with van der Waals surface area (Å²) in [5.41, 5.74) is -0.699. The minimum absolute atomic E-state index is 0.123. The Morgan fingerprint density at radius 3 is 1.48 bits per heavy atom. The van der Waals surface area contributed by atoms with Gasteiger partial charge in [0.15, 0.2) is 22.3 Å². The lowest BCUT2D eigenvalue weighted by atomic mass is 10.3. The molecule has 0 unspecified atom stereocenters. The molecule has 0 aliphatic heterocycles. The molecule has 0 bridgehead atoms. The molecule has 4 rings (SSSR count). The Balaban J connectivity index is 1.21. The highest BCUT2D eigenvalue weighted by molar-refractivity contribution is 7.33. The van der Waals surface area contributed by atoms with Crippen LogP contribution in [-0.4, -0.2) is 63.8 Å². The van der Waals surface area contributed by atoms with Gasteiger partial charge in [-0.25, -0.2) is 19.6 Å². The smallest absolute Gasteiger partial charge is 0.332 e. The van der Waals surface area contributed by atoms with Crippen LogP contribution in [0.1, 0.15) is 39.5 Å². The van der Waals surface area contributed by atoms with Crippen molar-refractivity contribution in [3.05, 3.63) is 54.3 Å². The summed E-state index contributed by atoms with van der Waals surface area (Å²) in [6.45, 7) is 5.47. The normalized spacial score (nSPS) is 11.9. The molecule has 0 aliphatic carbocycles. The Kier molecular flexibility index (Phi) is 11.6. The number of aromatic nitrogens is 8. The summed E-state index contributed by atoms with van der Waals surface area (Å²) < 4.78 is 41.6. The van der Waals surface area contributed by atoms with Crippen LogP contribution < -0.4 is 22.5 Å². The summed E-state index contributed by atoms with van der Waals surface area (Å²) in [4.78, 5) is 59.8. The SMILES string of the molecule is CCOCn1cnc2c1c(=O)n(CCCCO[PH](=O)OCCCCn1c(=O)c3c(ncn3COCC)n(C)c1=O)c(=O)n2C. The van der Waals surface area contributed by atoms with Gasteiger partial charge in [-0.05, 0) is 39.5 Å². The predicted molar refractivity (Wildman–Crippen MR) is 161 cm³/mol. The fourth-order valence-electron chi connectivity index (χ4n) is 4.71. The summed E-state index contributed by atoms with van der Waals surface area (Å²) in [5.74, 6) is 0. The van der Waals surface area contributed by atoms with Gasteiger partial charge in [-0.15, -0.1) is 0 Å². The number of nitrogens with zero attached hydrogens (tertiary/aromatic N) is 8. The van der Waals surface area contributed by atoms with Crippen LogP contribution in [0.15, 0.2) is 31.8 Å². The highest BCUT2D eigenvalue weighted by Gasteiger charge is 2.17. The Morgan fingerprint density at radius 2 is 1.09 bits per heavy atom. The first-order valence-corrected chi connectivity index (χ1v) is 15.7. The fourth-order valence-corrected chi connectivity index (χ4v) is 5.42. The minimum atomic E-state index is -2.76. The summed E-state index contributed by atoms with van der Waals surface area (Å²) >= 11 is 0. The fraction of sp³-hybridized carbons (Fsp3) is 0.615. The molecule has 0 atom stereocenters. The molecule has 4 heterocycles. The van der Waals surface area contributed by atoms with Crippen LogP contribution in [0.25, 0.3) is 22.3 Å². The molecule has 242 valence electrons. The molecular weight excluding hydrogens is 599 g/mol. The summed E-state index contributed by atoms with van der Waals surface area (Å²) in [6.07, 6.45) is 4.71. The Labute approximate surface area is 252 Å². The lowest BCUT2D eigenvalue weighted by molar-refractivity contribution is 0.0902. The molecule has 0 spiro atoms. The Morgan fingerprint density at radius 1 is 0.682 bits per heavy atom. The van der Waals surface area contributed by atoms with Crippen LogP contribution in [0, 0.1) is 0 Å². The van der Waals surface area contributed by atoms with Crippen LogP contribution in [-0.2, 0) is 63.7 Å². The molecular formula is C26H39N8O9P. The molecule has 0 radical (unpaired) electrons. The second kappa shape index (κ2) is 15.4. The minimum Gasteiger partial charge on any atom is -0.361 e. The monoisotopic (exact) mass is 638 g/mol. The summed E-state index contributed by atoms with van der Waals surface area (Å²) in [6, 6.07) is 0. The van der Waals surface area contributed by atoms with Crippen LogP contribution in [0.3, 0.4) is 0 Å². The van der Waals surface area contributed by atoms with Gasteiger partial charge >= 0.3 is 19.6 Å². The quantitative estimate of drug-likeness (QED) is 0.111. The van der Waals surface area contributed by atoms with E-state index < -0.39 is 30.8 Å². The van der Waals surface area contributed by atoms with Crippen molar-refractivity contribution in [2.75, 3.05) is 26.4 Å². The first-order valence-electron chi connectivity index (χ1n) is 14.5. The average Bonchev–Trinajstić information content (AvgIpc) is 3.64. The third kappa shape index (κ3) is 7.18. The number of ether oxygens (including phenoxy) is 2. The van der Waals surface area contributed by atoms with E-state index in [9.17, 15) is 23.7 Å². The maximum atomic E-state index is 13.0. The van der Waals surface area contributed by atoms with E-state index in [0.29, 0.717) is 38.9 Å². The standard InChI is InChI=1S/C26H39N8O9P/c1-5-40-17-31-15-27-21-19(31)23(35)33(25(37)29(21)3)11-7-9-13-42-44(39)43-14-10-8-12-34-24(36)20-22(30(4)26(34)38)28-16-32(20)18-41-6-2/h15-16,44H,5-14,17-18H2,1-4H3. The van der Waals surface area contributed by atoms with Crippen LogP contribution in [0.2, 0.25) is 0 Å². The van der Waals surface area contributed by atoms with E-state index in [1.54, 1.807) is 23.2 Å². The van der Waals surface area contributed by atoms with Crippen molar-refractivity contribution in [3.8, 4) is 0 Å². The molecule has 44 heavy (non-hydrogen) atoms. The topological polar surface area (TPSA) is 178 Å². The van der Waals surface area contributed by atoms with Crippen molar-refractivity contribution in [1.29, 1.82) is 0 Å². The van der Waals surface area contributed by atoms with Gasteiger partial charge in [0, 0.05) is 40.4 Å². The highest BCUT2D eigenvalue weighted by Crippen LogP contribution is 2.24. The van der Waals surface area contributed by atoms with Crippen molar-refractivity contribution in [1.82, 2.24) is 37.4 Å². The van der Waals surface area contributed by atoms with Crippen molar-refractivity contribution in [2.24, 2.45) is 14.1 Å². The maximum Gasteiger partial charge on any atom is 0.332 e. The molecule has 0 saturated heterocycles. The van der Waals surface area contributed by atoms with Crippen molar-refractivity contribution >= 4 is 30.6 Å². The Bertz CT molecular complexity index is 1720. The molecule has 17 nitrogen and oxygen atoms in total. The molecule has 0 N–H and O–H groups in total. The number of rotatable bonds is 18. The van der Waals surface area contributed by atoms with Gasteiger partial charge < -0.3 is 27.7 Å². The van der Waals surface area contributed by atoms with E-state index >= 15 is 0 Å². The maximum absolute atomic E-state index is 13.0. The number of hydrogen-bond acceptors (Lipinski definition) is 11. The summed E-state index contributed by atoms with van der Waals surface area (Å²) in [7, 11) is 0.349. The lowest BCUT2D eigenvalue weighted by Crippen LogP contribution is -2.39. The highest BCUT2D eigenvalue weighted by atomic mass is 31.1. The van der Waals surface area contributed by atoms with Crippen LogP contribution >= 0.6 is 8.25 Å². The molecule has 0 saturated carbocycles. The lowest BCUT2D eigenvalue weighted by Gasteiger charge is -2.10. The number of fused-ring (bicyclic) bond motifs is 2. The molecule has 0 aromatic carbocycles. The van der Waals surface area contributed by atoms with Crippen molar-refractivity contribution < 1.29 is 23.1 Å². The second-order valence-corrected chi connectivity index (χ2v) is 11.1. The van der Waals surface area contributed by atoms with E-state index in [0.717, 1.165) is 9.13 Å². The first kappa shape index (κ1) is 33.3. The number of unbranched alkanes of at least 4 members (excludes halogenated alkanes) is 2. The number of hydrogen-bond donors (Lipinski definition) is 0. The van der Waals surface area contributed by atoms with E-state index in [1.807, 2.05) is 13.8 Å². The predicted octanol–water partition coefficient (Wildman–Crippen LogP) is 0.778. The third-order valence-corrected chi connectivity index (χ3v) is 7.94. The zero-order chi connectivity index (χ0) is 31.8. The van der Waals surface area contributed by atoms with Gasteiger partial charge in [-0.1, -0.05) is 0 Å². The van der Waals surface area contributed by atoms with E-state index in [-0.39, 0.29) is 62.1 Å². The van der Waals surface area contributed by atoms with E-state index in [1.165, 1.54) is 21.8 Å². The van der Waals surface area contributed by atoms with Gasteiger partial charge in [-0.3, -0.25) is 32.4 Å². The van der Waals surface area contributed by atoms with Gasteiger partial charge in [0.25, 0.3) is 11.1 Å². The van der Waals surface area contributed by atoms with Crippen LogP contribution in [0.4, 0.5) is 0 Å². The third-order valence-electron chi connectivity index (χ3n) is 7.06. The number of imidazole rings is 2. The molecule has 4 aromatic heterocycles. The first-order chi connectivity index (χ1) is 21.2.